The highest BCUT2D eigenvalue weighted by molar-refractivity contribution is 7.91. The van der Waals surface area contributed by atoms with Crippen LogP contribution < -0.4 is 5.43 Å². The standard InChI is InChI=1S/C16H8F2N2O3S/c17-10-2-4-12-14(5-10)20-8-15(16(12)21)24(22,23)11-3-1-9(7-19)13(18)6-11/h1-6,8H,(H,20,21). The first-order valence-electron chi connectivity index (χ1n) is 6.60. The molecule has 0 unspecified atom stereocenters. The molecule has 0 amide bonds. The van der Waals surface area contributed by atoms with E-state index in [1.807, 2.05) is 0 Å². The molecule has 0 saturated carbocycles. The Kier molecular flexibility index (Phi) is 3.66. The second kappa shape index (κ2) is 5.54. The van der Waals surface area contributed by atoms with Crippen molar-refractivity contribution in [2.75, 3.05) is 0 Å². The van der Waals surface area contributed by atoms with Crippen LogP contribution in [0.15, 0.2) is 57.2 Å². The van der Waals surface area contributed by atoms with Crippen LogP contribution in [0.5, 0.6) is 0 Å². The fourth-order valence-corrected chi connectivity index (χ4v) is 3.58. The van der Waals surface area contributed by atoms with Gasteiger partial charge in [-0.25, -0.2) is 17.2 Å². The average Bonchev–Trinajstić information content (AvgIpc) is 2.54. The highest BCUT2D eigenvalue weighted by atomic mass is 32.2. The summed E-state index contributed by atoms with van der Waals surface area (Å²) in [5.41, 5.74) is -0.990. The maximum absolute atomic E-state index is 13.7. The molecule has 0 radical (unpaired) electrons. The number of pyridine rings is 1. The lowest BCUT2D eigenvalue weighted by Gasteiger charge is -2.06. The van der Waals surface area contributed by atoms with E-state index in [9.17, 15) is 22.0 Å². The molecular weight excluding hydrogens is 338 g/mol. The minimum absolute atomic E-state index is 0.00779. The zero-order valence-electron chi connectivity index (χ0n) is 11.9. The Morgan fingerprint density at radius 3 is 2.50 bits per heavy atom. The van der Waals surface area contributed by atoms with Crippen molar-refractivity contribution in [1.82, 2.24) is 4.98 Å². The van der Waals surface area contributed by atoms with Crippen molar-refractivity contribution >= 4 is 20.7 Å². The maximum atomic E-state index is 13.7. The maximum Gasteiger partial charge on any atom is 0.212 e. The summed E-state index contributed by atoms with van der Waals surface area (Å²) in [5, 5.41) is 8.68. The number of aromatic nitrogens is 1. The molecule has 0 fully saturated rings. The third-order valence-electron chi connectivity index (χ3n) is 3.47. The van der Waals surface area contributed by atoms with Crippen molar-refractivity contribution < 1.29 is 17.2 Å². The van der Waals surface area contributed by atoms with Crippen molar-refractivity contribution in [2.45, 2.75) is 9.79 Å². The van der Waals surface area contributed by atoms with Gasteiger partial charge in [0.2, 0.25) is 15.3 Å². The molecule has 3 rings (SSSR count). The zero-order valence-corrected chi connectivity index (χ0v) is 12.7. The normalized spacial score (nSPS) is 11.4. The summed E-state index contributed by atoms with van der Waals surface area (Å²) in [6.45, 7) is 0. The molecule has 8 heteroatoms. The number of H-pyrrole nitrogens is 1. The van der Waals surface area contributed by atoms with E-state index in [1.54, 1.807) is 6.07 Å². The van der Waals surface area contributed by atoms with Crippen LogP contribution in [0, 0.1) is 23.0 Å². The third kappa shape index (κ3) is 2.45. The van der Waals surface area contributed by atoms with Crippen molar-refractivity contribution in [1.29, 1.82) is 5.26 Å². The molecule has 1 aromatic heterocycles. The number of nitrogens with one attached hydrogen (secondary N) is 1. The van der Waals surface area contributed by atoms with Gasteiger partial charge in [0.25, 0.3) is 0 Å². The fraction of sp³-hybridized carbons (Fsp3) is 0. The molecule has 3 aromatic rings. The number of hydrogen-bond donors (Lipinski definition) is 1. The summed E-state index contributed by atoms with van der Waals surface area (Å²) in [6, 6.07) is 7.60. The highest BCUT2D eigenvalue weighted by Gasteiger charge is 2.23. The van der Waals surface area contributed by atoms with E-state index in [1.165, 1.54) is 6.07 Å². The average molecular weight is 346 g/mol. The fourth-order valence-electron chi connectivity index (χ4n) is 2.26. The predicted molar refractivity (Wildman–Crippen MR) is 81.1 cm³/mol. The highest BCUT2D eigenvalue weighted by Crippen LogP contribution is 2.22. The van der Waals surface area contributed by atoms with Crippen LogP contribution in [0.1, 0.15) is 5.56 Å². The summed E-state index contributed by atoms with van der Waals surface area (Å²) in [5.74, 6) is -1.58. The number of sulfone groups is 1. The molecule has 24 heavy (non-hydrogen) atoms. The summed E-state index contributed by atoms with van der Waals surface area (Å²) in [6.07, 6.45) is 0.940. The molecule has 0 atom stereocenters. The number of aromatic amines is 1. The Morgan fingerprint density at radius 2 is 1.83 bits per heavy atom. The second-order valence-electron chi connectivity index (χ2n) is 4.93. The van der Waals surface area contributed by atoms with E-state index in [0.29, 0.717) is 6.07 Å². The van der Waals surface area contributed by atoms with Gasteiger partial charge in [-0.05, 0) is 36.4 Å². The zero-order chi connectivity index (χ0) is 17.5. The quantitative estimate of drug-likeness (QED) is 0.772. The summed E-state index contributed by atoms with van der Waals surface area (Å²) in [4.78, 5) is 13.9. The van der Waals surface area contributed by atoms with Crippen LogP contribution in [-0.4, -0.2) is 13.4 Å². The summed E-state index contributed by atoms with van der Waals surface area (Å²) in [7, 11) is -4.31. The van der Waals surface area contributed by atoms with E-state index in [2.05, 4.69) is 4.98 Å². The number of nitrogens with zero attached hydrogens (tertiary/aromatic N) is 1. The van der Waals surface area contributed by atoms with Crippen LogP contribution >= 0.6 is 0 Å². The Labute approximate surface area is 134 Å². The minimum Gasteiger partial charge on any atom is -0.360 e. The SMILES string of the molecule is N#Cc1ccc(S(=O)(=O)c2c[nH]c3cc(F)ccc3c2=O)cc1F. The van der Waals surface area contributed by atoms with Crippen molar-refractivity contribution in [3.05, 3.63) is 70.0 Å². The van der Waals surface area contributed by atoms with Crippen molar-refractivity contribution in [3.8, 4) is 6.07 Å². The van der Waals surface area contributed by atoms with E-state index < -0.39 is 36.7 Å². The van der Waals surface area contributed by atoms with Gasteiger partial charge >= 0.3 is 0 Å². The van der Waals surface area contributed by atoms with Crippen molar-refractivity contribution in [2.24, 2.45) is 0 Å². The number of rotatable bonds is 2. The number of nitriles is 1. The number of fused-ring (bicyclic) bond motifs is 1. The molecule has 1 heterocycles. The van der Waals surface area contributed by atoms with Gasteiger partial charge in [0, 0.05) is 11.6 Å². The molecule has 120 valence electrons. The smallest absolute Gasteiger partial charge is 0.212 e. The molecule has 0 spiro atoms. The molecule has 1 N–H and O–H groups in total. The van der Waals surface area contributed by atoms with Crippen LogP contribution in [0.25, 0.3) is 10.9 Å². The molecule has 0 saturated heterocycles. The number of benzene rings is 2. The number of hydrogen-bond acceptors (Lipinski definition) is 4. The van der Waals surface area contributed by atoms with E-state index in [0.717, 1.165) is 30.5 Å². The van der Waals surface area contributed by atoms with Gasteiger partial charge in [-0.15, -0.1) is 0 Å². The van der Waals surface area contributed by atoms with Gasteiger partial charge in [0.15, 0.2) is 0 Å². The molecule has 0 aliphatic carbocycles. The Morgan fingerprint density at radius 1 is 1.08 bits per heavy atom. The lowest BCUT2D eigenvalue weighted by molar-refractivity contribution is 0.589. The van der Waals surface area contributed by atoms with Gasteiger partial charge in [0.05, 0.1) is 16.0 Å². The van der Waals surface area contributed by atoms with E-state index in [4.69, 9.17) is 5.26 Å². The summed E-state index contributed by atoms with van der Waals surface area (Å²) >= 11 is 0. The molecule has 0 aliphatic heterocycles. The lowest BCUT2D eigenvalue weighted by atomic mass is 10.2. The third-order valence-corrected chi connectivity index (χ3v) is 5.23. The van der Waals surface area contributed by atoms with Crippen LogP contribution in [0.2, 0.25) is 0 Å². The first-order valence-corrected chi connectivity index (χ1v) is 8.08. The molecule has 0 bridgehead atoms. The second-order valence-corrected chi connectivity index (χ2v) is 6.85. The Balaban J connectivity index is 2.24. The Hall–Kier alpha value is -3.05. The topological polar surface area (TPSA) is 90.8 Å². The van der Waals surface area contributed by atoms with Gasteiger partial charge < -0.3 is 4.98 Å². The van der Waals surface area contributed by atoms with Gasteiger partial charge in [-0.1, -0.05) is 0 Å². The number of halogens is 2. The largest absolute Gasteiger partial charge is 0.360 e. The summed E-state index contributed by atoms with van der Waals surface area (Å²) < 4.78 is 52.0. The van der Waals surface area contributed by atoms with Crippen LogP contribution in [0.4, 0.5) is 8.78 Å². The molecule has 0 aliphatic rings. The molecular formula is C16H8F2N2O3S. The predicted octanol–water partition coefficient (Wildman–Crippen LogP) is 2.51. The molecule has 5 nitrogen and oxygen atoms in total. The molecule has 2 aromatic carbocycles. The lowest BCUT2D eigenvalue weighted by Crippen LogP contribution is -2.16. The van der Waals surface area contributed by atoms with E-state index >= 15 is 0 Å². The monoisotopic (exact) mass is 346 g/mol. The minimum atomic E-state index is -4.31. The first-order chi connectivity index (χ1) is 11.3. The van der Waals surface area contributed by atoms with Gasteiger partial charge in [-0.2, -0.15) is 5.26 Å². The Bertz CT molecular complexity index is 1180. The van der Waals surface area contributed by atoms with Gasteiger partial charge in [0.1, 0.15) is 22.6 Å². The van der Waals surface area contributed by atoms with Crippen molar-refractivity contribution in [3.63, 3.8) is 0 Å². The van der Waals surface area contributed by atoms with E-state index in [-0.39, 0.29) is 16.5 Å². The van der Waals surface area contributed by atoms with Crippen LogP contribution in [0.3, 0.4) is 0 Å². The van der Waals surface area contributed by atoms with Crippen LogP contribution in [-0.2, 0) is 9.84 Å². The first kappa shape index (κ1) is 15.8. The van der Waals surface area contributed by atoms with Gasteiger partial charge in [-0.3, -0.25) is 4.79 Å².